The van der Waals surface area contributed by atoms with Crippen molar-refractivity contribution in [3.05, 3.63) is 35.2 Å². The number of benzene rings is 1. The molecule has 1 atom stereocenters. The van der Waals surface area contributed by atoms with E-state index in [1.165, 1.54) is 15.6 Å². The number of aryl methyl sites for hydroxylation is 1. The molecule has 3 rings (SSSR count). The molecule has 5 heteroatoms. The number of thiophene rings is 1. The highest BCUT2D eigenvalue weighted by molar-refractivity contribution is 7.17. The van der Waals surface area contributed by atoms with Crippen molar-refractivity contribution in [1.29, 1.82) is 0 Å². The highest BCUT2D eigenvalue weighted by Gasteiger charge is 2.16. The van der Waals surface area contributed by atoms with Gasteiger partial charge in [-0.3, -0.25) is 4.79 Å². The van der Waals surface area contributed by atoms with Crippen LogP contribution in [0.4, 0.5) is 0 Å². The van der Waals surface area contributed by atoms with Crippen molar-refractivity contribution in [2.75, 3.05) is 13.1 Å². The first-order valence-corrected chi connectivity index (χ1v) is 8.16. The Morgan fingerprint density at radius 1 is 1.38 bits per heavy atom. The summed E-state index contributed by atoms with van der Waals surface area (Å²) in [5.41, 5.74) is 1.38. The molecule has 114 valence electrons. The molecule has 2 aromatic rings. The van der Waals surface area contributed by atoms with Gasteiger partial charge in [0.05, 0.1) is 0 Å². The predicted molar refractivity (Wildman–Crippen MR) is 91.4 cm³/mol. The Labute approximate surface area is 135 Å². The predicted octanol–water partition coefficient (Wildman–Crippen LogP) is 3.12. The van der Waals surface area contributed by atoms with Crippen molar-refractivity contribution in [2.24, 2.45) is 0 Å². The van der Waals surface area contributed by atoms with E-state index >= 15 is 0 Å². The average molecular weight is 325 g/mol. The Kier molecular flexibility index (Phi) is 6.03. The van der Waals surface area contributed by atoms with Gasteiger partial charge in [-0.05, 0) is 48.2 Å². The van der Waals surface area contributed by atoms with Gasteiger partial charge < -0.3 is 10.6 Å². The summed E-state index contributed by atoms with van der Waals surface area (Å²) in [5, 5.41) is 9.93. The zero-order chi connectivity index (χ0) is 13.8. The standard InChI is InChI=1S/C16H20N2OS.ClH/c19-16(18-13-8-9-17-10-13)7-3-4-12-11-20-15-6-2-1-5-14(12)15;/h1-2,5-6,11,13,17H,3-4,7-10H2,(H,18,19);1H. The second-order valence-electron chi connectivity index (χ2n) is 5.37. The van der Waals surface area contributed by atoms with Crippen LogP contribution in [0.1, 0.15) is 24.8 Å². The molecule has 1 unspecified atom stereocenters. The van der Waals surface area contributed by atoms with Crippen molar-refractivity contribution in [3.8, 4) is 0 Å². The third kappa shape index (κ3) is 4.19. The molecule has 1 aromatic heterocycles. The number of hydrogen-bond donors (Lipinski definition) is 2. The Morgan fingerprint density at radius 2 is 2.24 bits per heavy atom. The molecule has 21 heavy (non-hydrogen) atoms. The highest BCUT2D eigenvalue weighted by Crippen LogP contribution is 2.26. The topological polar surface area (TPSA) is 41.1 Å². The van der Waals surface area contributed by atoms with Crippen LogP contribution in [0.15, 0.2) is 29.6 Å². The van der Waals surface area contributed by atoms with Gasteiger partial charge in [-0.1, -0.05) is 18.2 Å². The van der Waals surface area contributed by atoms with Crippen LogP contribution in [-0.2, 0) is 11.2 Å². The van der Waals surface area contributed by atoms with E-state index in [1.54, 1.807) is 11.3 Å². The van der Waals surface area contributed by atoms with E-state index < -0.39 is 0 Å². The Bertz CT molecular complexity index is 593. The molecule has 1 aliphatic rings. The van der Waals surface area contributed by atoms with E-state index in [-0.39, 0.29) is 18.3 Å². The van der Waals surface area contributed by atoms with Gasteiger partial charge in [0.15, 0.2) is 0 Å². The van der Waals surface area contributed by atoms with Gasteiger partial charge in [0.25, 0.3) is 0 Å². The second-order valence-corrected chi connectivity index (χ2v) is 6.28. The van der Waals surface area contributed by atoms with Crippen LogP contribution in [0, 0.1) is 0 Å². The third-order valence-electron chi connectivity index (χ3n) is 3.84. The SMILES string of the molecule is Cl.O=C(CCCc1csc2ccccc12)NC1CCNC1. The molecule has 0 aliphatic carbocycles. The van der Waals surface area contributed by atoms with Crippen molar-refractivity contribution < 1.29 is 4.79 Å². The maximum atomic E-state index is 11.9. The number of rotatable bonds is 5. The monoisotopic (exact) mass is 324 g/mol. The smallest absolute Gasteiger partial charge is 0.220 e. The average Bonchev–Trinajstić information content (AvgIpc) is 3.09. The summed E-state index contributed by atoms with van der Waals surface area (Å²) in [6, 6.07) is 8.82. The lowest BCUT2D eigenvalue weighted by molar-refractivity contribution is -0.121. The van der Waals surface area contributed by atoms with Gasteiger partial charge in [-0.2, -0.15) is 0 Å². The highest BCUT2D eigenvalue weighted by atomic mass is 35.5. The first-order chi connectivity index (χ1) is 9.83. The van der Waals surface area contributed by atoms with Gasteiger partial charge in [-0.25, -0.2) is 0 Å². The van der Waals surface area contributed by atoms with Gasteiger partial charge in [0.2, 0.25) is 5.91 Å². The summed E-state index contributed by atoms with van der Waals surface area (Å²) >= 11 is 1.79. The van der Waals surface area contributed by atoms with E-state index in [0.717, 1.165) is 32.4 Å². The number of nitrogens with one attached hydrogen (secondary N) is 2. The number of carbonyl (C=O) groups is 1. The lowest BCUT2D eigenvalue weighted by atomic mass is 10.1. The van der Waals surface area contributed by atoms with Crippen LogP contribution >= 0.6 is 23.7 Å². The molecular formula is C16H21ClN2OS. The molecule has 0 bridgehead atoms. The lowest BCUT2D eigenvalue weighted by Crippen LogP contribution is -2.36. The number of carbonyl (C=O) groups excluding carboxylic acids is 1. The number of hydrogen-bond acceptors (Lipinski definition) is 3. The molecular weight excluding hydrogens is 304 g/mol. The molecule has 0 radical (unpaired) electrons. The van der Waals surface area contributed by atoms with Gasteiger partial charge in [0, 0.05) is 23.7 Å². The first kappa shape index (κ1) is 16.3. The summed E-state index contributed by atoms with van der Waals surface area (Å²) < 4.78 is 1.34. The number of amides is 1. The van der Waals surface area contributed by atoms with Crippen LogP contribution < -0.4 is 10.6 Å². The Balaban J connectivity index is 0.00000161. The van der Waals surface area contributed by atoms with Crippen LogP contribution in [-0.4, -0.2) is 25.0 Å². The summed E-state index contributed by atoms with van der Waals surface area (Å²) in [6.07, 6.45) is 3.59. The molecule has 1 aromatic carbocycles. The molecule has 1 aliphatic heterocycles. The maximum absolute atomic E-state index is 11.9. The Hall–Kier alpha value is -1.10. The minimum atomic E-state index is 0. The first-order valence-electron chi connectivity index (χ1n) is 7.28. The van der Waals surface area contributed by atoms with Crippen molar-refractivity contribution in [2.45, 2.75) is 31.7 Å². The third-order valence-corrected chi connectivity index (χ3v) is 4.85. The molecule has 0 spiro atoms. The second kappa shape index (κ2) is 7.78. The summed E-state index contributed by atoms with van der Waals surface area (Å²) in [7, 11) is 0. The van der Waals surface area contributed by atoms with Crippen LogP contribution in [0.2, 0.25) is 0 Å². The zero-order valence-electron chi connectivity index (χ0n) is 11.9. The fourth-order valence-electron chi connectivity index (χ4n) is 2.74. The van der Waals surface area contributed by atoms with Crippen LogP contribution in [0.5, 0.6) is 0 Å². The van der Waals surface area contributed by atoms with Gasteiger partial charge in [0.1, 0.15) is 0 Å². The lowest BCUT2D eigenvalue weighted by Gasteiger charge is -2.10. The molecule has 2 heterocycles. The Morgan fingerprint density at radius 3 is 3.05 bits per heavy atom. The molecule has 1 amide bonds. The van der Waals surface area contributed by atoms with E-state index in [2.05, 4.69) is 40.3 Å². The van der Waals surface area contributed by atoms with Crippen molar-refractivity contribution >= 4 is 39.7 Å². The molecule has 0 saturated carbocycles. The molecule has 3 nitrogen and oxygen atoms in total. The minimum Gasteiger partial charge on any atom is -0.352 e. The molecule has 1 saturated heterocycles. The summed E-state index contributed by atoms with van der Waals surface area (Å²) in [4.78, 5) is 11.9. The minimum absolute atomic E-state index is 0. The molecule has 1 fully saturated rings. The fourth-order valence-corrected chi connectivity index (χ4v) is 3.74. The number of fused-ring (bicyclic) bond motifs is 1. The summed E-state index contributed by atoms with van der Waals surface area (Å²) in [5.74, 6) is 0.193. The van der Waals surface area contributed by atoms with E-state index in [4.69, 9.17) is 0 Å². The fraction of sp³-hybridized carbons (Fsp3) is 0.438. The summed E-state index contributed by atoms with van der Waals surface area (Å²) in [6.45, 7) is 1.94. The quantitative estimate of drug-likeness (QED) is 0.887. The van der Waals surface area contributed by atoms with E-state index in [1.807, 2.05) is 0 Å². The number of halogens is 1. The largest absolute Gasteiger partial charge is 0.352 e. The normalized spacial score (nSPS) is 17.6. The van der Waals surface area contributed by atoms with Crippen LogP contribution in [0.3, 0.4) is 0 Å². The van der Waals surface area contributed by atoms with Crippen molar-refractivity contribution in [1.82, 2.24) is 10.6 Å². The van der Waals surface area contributed by atoms with Crippen molar-refractivity contribution in [3.63, 3.8) is 0 Å². The maximum Gasteiger partial charge on any atom is 0.220 e. The van der Waals surface area contributed by atoms with Crippen LogP contribution in [0.25, 0.3) is 10.1 Å². The van der Waals surface area contributed by atoms with Gasteiger partial charge in [-0.15, -0.1) is 23.7 Å². The van der Waals surface area contributed by atoms with E-state index in [9.17, 15) is 4.79 Å². The van der Waals surface area contributed by atoms with Gasteiger partial charge >= 0.3 is 0 Å². The molecule has 2 N–H and O–H groups in total. The zero-order valence-corrected chi connectivity index (χ0v) is 13.6. The van der Waals surface area contributed by atoms with E-state index in [0.29, 0.717) is 12.5 Å².